The molecule has 0 fully saturated rings. The van der Waals surface area contributed by atoms with Gasteiger partial charge in [-0.3, -0.25) is 0 Å². The molecule has 0 amide bonds. The molecule has 0 saturated heterocycles. The minimum atomic E-state index is 0. The zero-order valence-electron chi connectivity index (χ0n) is 12.3. The fourth-order valence-electron chi connectivity index (χ4n) is 1.49. The predicted octanol–water partition coefficient (Wildman–Crippen LogP) is 4.01. The summed E-state index contributed by atoms with van der Waals surface area (Å²) in [6, 6.07) is 20.6. The molecular weight excluding hydrogens is 352 g/mol. The van der Waals surface area contributed by atoms with Crippen molar-refractivity contribution in [3.8, 4) is 0 Å². The molecule has 1 atom stereocenters. The number of benzene rings is 2. The second kappa shape index (κ2) is 20.5. The zero-order valence-corrected chi connectivity index (χ0v) is 14.4. The molecular formula is C17H14CrO4S. The maximum Gasteiger partial charge on any atom is 0 e. The molecule has 0 saturated carbocycles. The van der Waals surface area contributed by atoms with Crippen LogP contribution in [0, 0.1) is 20.0 Å². The minimum Gasteiger partial charge on any atom is 0 e. The molecule has 2 aromatic rings. The third kappa shape index (κ3) is 11.7. The van der Waals surface area contributed by atoms with Crippen molar-refractivity contribution in [1.29, 1.82) is 0 Å². The van der Waals surface area contributed by atoms with Crippen molar-refractivity contribution in [2.24, 2.45) is 0 Å². The van der Waals surface area contributed by atoms with Crippen LogP contribution >= 0.6 is 11.8 Å². The van der Waals surface area contributed by atoms with E-state index in [0.29, 0.717) is 0 Å². The first-order chi connectivity index (χ1) is 10.9. The molecule has 0 aliphatic heterocycles. The summed E-state index contributed by atoms with van der Waals surface area (Å²) in [5, 5.41) is 0. The van der Waals surface area contributed by atoms with Gasteiger partial charge < -0.3 is 4.74 Å². The van der Waals surface area contributed by atoms with Crippen LogP contribution in [0.3, 0.4) is 0 Å². The second-order valence-corrected chi connectivity index (χ2v) is 4.54. The Bertz CT molecular complexity index is 527. The van der Waals surface area contributed by atoms with E-state index in [2.05, 4.69) is 44.2 Å². The Kier molecular flexibility index (Phi) is 23.5. The van der Waals surface area contributed by atoms with Crippen LogP contribution in [0.15, 0.2) is 65.6 Å². The van der Waals surface area contributed by atoms with E-state index in [1.165, 1.54) is 10.5 Å². The molecule has 0 aliphatic rings. The van der Waals surface area contributed by atoms with Crippen LogP contribution in [0.5, 0.6) is 0 Å². The van der Waals surface area contributed by atoms with Crippen molar-refractivity contribution < 1.29 is 36.1 Å². The number of thioether (sulfide) groups is 1. The van der Waals surface area contributed by atoms with E-state index in [1.807, 2.05) is 36.4 Å². The van der Waals surface area contributed by atoms with Gasteiger partial charge in [-0.15, -0.1) is 0 Å². The van der Waals surface area contributed by atoms with Gasteiger partial charge in [0.1, 0.15) is 5.44 Å². The molecule has 2 aromatic carbocycles. The quantitative estimate of drug-likeness (QED) is 0.355. The smallest absolute Gasteiger partial charge is 0 e. The third-order valence-corrected chi connectivity index (χ3v) is 3.50. The van der Waals surface area contributed by atoms with E-state index in [-0.39, 0.29) is 22.8 Å². The van der Waals surface area contributed by atoms with E-state index in [1.54, 1.807) is 18.9 Å². The number of rotatable bonds is 4. The van der Waals surface area contributed by atoms with E-state index in [4.69, 9.17) is 18.7 Å². The molecule has 0 spiro atoms. The van der Waals surface area contributed by atoms with Crippen molar-refractivity contribution in [2.75, 3.05) is 7.11 Å². The number of ether oxygens (including phenoxy) is 1. The van der Waals surface area contributed by atoms with Gasteiger partial charge in [-0.2, -0.15) is 0 Å². The molecule has 0 aliphatic carbocycles. The topological polar surface area (TPSA) is 68.9 Å². The van der Waals surface area contributed by atoms with Gasteiger partial charge in [0.25, 0.3) is 0 Å². The first-order valence-corrected chi connectivity index (χ1v) is 6.69. The summed E-state index contributed by atoms with van der Waals surface area (Å²) < 4.78 is 28.0. The number of hydrogen-bond donors (Lipinski definition) is 0. The van der Waals surface area contributed by atoms with Crippen LogP contribution < -0.4 is 0 Å². The average molecular weight is 366 g/mol. The fourth-order valence-corrected chi connectivity index (χ4v) is 2.44. The summed E-state index contributed by atoms with van der Waals surface area (Å²) in [7, 11) is 1.74. The summed E-state index contributed by atoms with van der Waals surface area (Å²) in [4.78, 5) is 1.22. The van der Waals surface area contributed by atoms with E-state index in [9.17, 15) is 0 Å². The van der Waals surface area contributed by atoms with Crippen molar-refractivity contribution in [3.63, 3.8) is 0 Å². The minimum absolute atomic E-state index is 0. The summed E-state index contributed by atoms with van der Waals surface area (Å²) >= 11 is 1.72. The van der Waals surface area contributed by atoms with Gasteiger partial charge in [0, 0.05) is 29.4 Å². The summed E-state index contributed by atoms with van der Waals surface area (Å²) in [6.45, 7) is 13.5. The average Bonchev–Trinajstić information content (AvgIpc) is 2.66. The molecule has 0 bridgehead atoms. The first-order valence-electron chi connectivity index (χ1n) is 5.81. The Labute approximate surface area is 151 Å². The molecule has 0 radical (unpaired) electrons. The molecule has 4 nitrogen and oxygen atoms in total. The largest absolute Gasteiger partial charge is 0 e. The Balaban J connectivity index is -0.000000514. The first kappa shape index (κ1) is 26.4. The van der Waals surface area contributed by atoms with Crippen molar-refractivity contribution in [1.82, 2.24) is 0 Å². The zero-order chi connectivity index (χ0) is 17.2. The normalized spacial score (nSPS) is 8.83. The van der Waals surface area contributed by atoms with Crippen molar-refractivity contribution >= 4 is 11.8 Å². The fraction of sp³-hybridized carbons (Fsp3) is 0.118. The number of hydrogen-bond acceptors (Lipinski definition) is 2. The van der Waals surface area contributed by atoms with Crippen LogP contribution in [-0.2, 0) is 36.1 Å². The molecule has 2 rings (SSSR count). The van der Waals surface area contributed by atoms with Gasteiger partial charge in [-0.1, -0.05) is 60.3 Å². The second-order valence-electron chi connectivity index (χ2n) is 3.41. The predicted molar refractivity (Wildman–Crippen MR) is 80.3 cm³/mol. The van der Waals surface area contributed by atoms with E-state index >= 15 is 0 Å². The molecule has 0 aromatic heterocycles. The Morgan fingerprint density at radius 2 is 1.17 bits per heavy atom. The van der Waals surface area contributed by atoms with Crippen LogP contribution in [0.2, 0.25) is 0 Å². The van der Waals surface area contributed by atoms with Gasteiger partial charge >= 0.3 is 33.9 Å². The standard InChI is InChI=1S/C14H14OS.3CO.Cr/c1-15-14(12-8-4-2-5-9-12)16-13-10-6-3-7-11-13;3*1-2;/h2-11,14H,1H3;;;;/t14-;;;;/m1..../s1. The molecule has 118 valence electrons. The Morgan fingerprint density at radius 3 is 1.57 bits per heavy atom. The molecule has 6 heteroatoms. The Morgan fingerprint density at radius 1 is 0.783 bits per heavy atom. The van der Waals surface area contributed by atoms with Gasteiger partial charge in [-0.05, 0) is 17.7 Å². The monoisotopic (exact) mass is 366 g/mol. The summed E-state index contributed by atoms with van der Waals surface area (Å²) in [5.41, 5.74) is 1.25. The Hall–Kier alpha value is -1.50. The summed E-state index contributed by atoms with van der Waals surface area (Å²) in [6.07, 6.45) is 0. The van der Waals surface area contributed by atoms with Crippen molar-refractivity contribution in [3.05, 3.63) is 86.2 Å². The third-order valence-electron chi connectivity index (χ3n) is 2.27. The molecule has 0 N–H and O–H groups in total. The van der Waals surface area contributed by atoms with Gasteiger partial charge in [0.2, 0.25) is 0 Å². The van der Waals surface area contributed by atoms with Gasteiger partial charge in [0.05, 0.1) is 0 Å². The SMILES string of the molecule is CO[C@H](Sc1ccccc1)c1ccccc1.[C-]#[O+].[C-]#[O+].[C-]#[O+].[Cr]. The van der Waals surface area contributed by atoms with Crippen LogP contribution in [0.25, 0.3) is 0 Å². The maximum atomic E-state index is 7.50. The molecule has 0 heterocycles. The number of methoxy groups -OCH3 is 1. The van der Waals surface area contributed by atoms with Gasteiger partial charge in [-0.25, -0.2) is 0 Å². The van der Waals surface area contributed by atoms with Crippen LogP contribution in [-0.4, -0.2) is 7.11 Å². The molecule has 23 heavy (non-hydrogen) atoms. The summed E-state index contributed by atoms with van der Waals surface area (Å²) in [5.74, 6) is 0. The van der Waals surface area contributed by atoms with Crippen LogP contribution in [0.1, 0.15) is 11.0 Å². The van der Waals surface area contributed by atoms with Gasteiger partial charge in [0.15, 0.2) is 0 Å². The van der Waals surface area contributed by atoms with E-state index in [0.717, 1.165) is 0 Å². The van der Waals surface area contributed by atoms with E-state index < -0.39 is 0 Å². The maximum absolute atomic E-state index is 7.50. The van der Waals surface area contributed by atoms with Crippen LogP contribution in [0.4, 0.5) is 0 Å². The molecule has 0 unspecified atom stereocenters. The van der Waals surface area contributed by atoms with Crippen molar-refractivity contribution in [2.45, 2.75) is 10.3 Å².